The van der Waals surface area contributed by atoms with Gasteiger partial charge in [-0.2, -0.15) is 0 Å². The second-order valence-electron chi connectivity index (χ2n) is 7.90. The van der Waals surface area contributed by atoms with Crippen molar-refractivity contribution in [2.45, 2.75) is 25.4 Å². The van der Waals surface area contributed by atoms with Gasteiger partial charge in [-0.3, -0.25) is 18.7 Å². The molecule has 1 fully saturated rings. The van der Waals surface area contributed by atoms with Crippen LogP contribution in [0.3, 0.4) is 0 Å². The molecule has 31 heavy (non-hydrogen) atoms. The number of hydrogen-bond donors (Lipinski definition) is 0. The number of imidazole rings is 1. The first-order valence-corrected chi connectivity index (χ1v) is 10.3. The summed E-state index contributed by atoms with van der Waals surface area (Å²) in [7, 11) is 2.98. The molecule has 0 radical (unpaired) electrons. The molecule has 2 aromatic heterocycles. The first kappa shape index (κ1) is 19.4. The predicted molar refractivity (Wildman–Crippen MR) is 111 cm³/mol. The van der Waals surface area contributed by atoms with E-state index < -0.39 is 11.2 Å². The molecule has 10 nitrogen and oxygen atoms in total. The van der Waals surface area contributed by atoms with Crippen LogP contribution in [0, 0.1) is 0 Å². The summed E-state index contributed by atoms with van der Waals surface area (Å²) in [4.78, 5) is 44.0. The summed E-state index contributed by atoms with van der Waals surface area (Å²) in [5, 5.41) is 0. The Morgan fingerprint density at radius 1 is 1.13 bits per heavy atom. The van der Waals surface area contributed by atoms with E-state index in [-0.39, 0.29) is 29.7 Å². The normalized spacial score (nSPS) is 18.0. The molecule has 5 rings (SSSR count). The lowest BCUT2D eigenvalue weighted by molar-refractivity contribution is -0.132. The molecule has 1 atom stereocenters. The summed E-state index contributed by atoms with van der Waals surface area (Å²) in [5.41, 5.74) is 0.600. The van der Waals surface area contributed by atoms with E-state index in [0.717, 1.165) is 28.7 Å². The Bertz CT molecular complexity index is 1300. The Balaban J connectivity index is 1.44. The number of amides is 1. The number of nitrogens with zero attached hydrogens (tertiary/aromatic N) is 5. The van der Waals surface area contributed by atoms with E-state index in [0.29, 0.717) is 25.5 Å². The third-order valence-electron chi connectivity index (χ3n) is 6.05. The van der Waals surface area contributed by atoms with Gasteiger partial charge in [-0.05, 0) is 30.5 Å². The average molecular weight is 425 g/mol. The second kappa shape index (κ2) is 7.29. The molecule has 0 unspecified atom stereocenters. The molecule has 0 saturated carbocycles. The monoisotopic (exact) mass is 425 g/mol. The minimum absolute atomic E-state index is 0.0228. The molecule has 0 spiro atoms. The Kier molecular flexibility index (Phi) is 4.57. The van der Waals surface area contributed by atoms with Crippen LogP contribution in [0.4, 0.5) is 0 Å². The van der Waals surface area contributed by atoms with Gasteiger partial charge in [0.25, 0.3) is 5.56 Å². The van der Waals surface area contributed by atoms with Gasteiger partial charge in [0, 0.05) is 20.6 Å². The molecule has 3 aromatic rings. The van der Waals surface area contributed by atoms with E-state index in [1.807, 2.05) is 23.1 Å². The molecule has 1 aromatic carbocycles. The number of ether oxygens (including phenoxy) is 2. The molecule has 1 saturated heterocycles. The fraction of sp³-hybridized carbons (Fsp3) is 0.429. The highest BCUT2D eigenvalue weighted by molar-refractivity contribution is 5.79. The van der Waals surface area contributed by atoms with E-state index in [9.17, 15) is 14.4 Å². The van der Waals surface area contributed by atoms with Crippen LogP contribution in [0.5, 0.6) is 11.5 Å². The number of benzene rings is 1. The third kappa shape index (κ3) is 3.09. The Labute approximate surface area is 177 Å². The van der Waals surface area contributed by atoms with Crippen molar-refractivity contribution in [1.29, 1.82) is 0 Å². The molecule has 1 amide bonds. The van der Waals surface area contributed by atoms with Gasteiger partial charge in [0.2, 0.25) is 5.91 Å². The van der Waals surface area contributed by atoms with Gasteiger partial charge < -0.3 is 18.9 Å². The Morgan fingerprint density at radius 3 is 2.71 bits per heavy atom. The first-order valence-electron chi connectivity index (χ1n) is 10.3. The molecule has 0 N–H and O–H groups in total. The summed E-state index contributed by atoms with van der Waals surface area (Å²) in [6.45, 7) is 1.66. The van der Waals surface area contributed by atoms with Crippen LogP contribution in [0.1, 0.15) is 24.4 Å². The zero-order chi connectivity index (χ0) is 21.7. The summed E-state index contributed by atoms with van der Waals surface area (Å²) in [6.07, 6.45) is 3.19. The molecule has 0 aliphatic carbocycles. The van der Waals surface area contributed by atoms with Crippen LogP contribution < -0.4 is 20.7 Å². The Hall–Kier alpha value is -3.56. The van der Waals surface area contributed by atoms with Crippen molar-refractivity contribution in [2.75, 3.05) is 19.8 Å². The number of carbonyl (C=O) groups excluding carboxylic acids is 1. The summed E-state index contributed by atoms with van der Waals surface area (Å²) in [6, 6.07) is 5.74. The molecule has 2 aliphatic heterocycles. The lowest BCUT2D eigenvalue weighted by Gasteiger charge is -2.27. The maximum absolute atomic E-state index is 13.2. The number of aryl methyl sites for hydroxylation is 1. The van der Waals surface area contributed by atoms with Crippen molar-refractivity contribution in [1.82, 2.24) is 23.6 Å². The van der Waals surface area contributed by atoms with Crippen LogP contribution in [0.25, 0.3) is 11.2 Å². The maximum Gasteiger partial charge on any atom is 0.332 e. The van der Waals surface area contributed by atoms with E-state index in [1.165, 1.54) is 22.5 Å². The highest BCUT2D eigenvalue weighted by Crippen LogP contribution is 2.38. The van der Waals surface area contributed by atoms with E-state index in [2.05, 4.69) is 4.98 Å². The quantitative estimate of drug-likeness (QED) is 0.608. The van der Waals surface area contributed by atoms with Crippen molar-refractivity contribution >= 4 is 17.1 Å². The maximum atomic E-state index is 13.2. The smallest absolute Gasteiger partial charge is 0.332 e. The molecule has 4 heterocycles. The van der Waals surface area contributed by atoms with E-state index >= 15 is 0 Å². The van der Waals surface area contributed by atoms with E-state index in [4.69, 9.17) is 9.47 Å². The Morgan fingerprint density at radius 2 is 1.90 bits per heavy atom. The summed E-state index contributed by atoms with van der Waals surface area (Å²) >= 11 is 0. The zero-order valence-corrected chi connectivity index (χ0v) is 17.4. The van der Waals surface area contributed by atoms with Crippen LogP contribution in [0.15, 0.2) is 34.1 Å². The molecule has 2 aliphatic rings. The second-order valence-corrected chi connectivity index (χ2v) is 7.90. The number of aromatic nitrogens is 4. The first-order chi connectivity index (χ1) is 15.0. The van der Waals surface area contributed by atoms with Crippen LogP contribution in [-0.4, -0.2) is 49.3 Å². The fourth-order valence-electron chi connectivity index (χ4n) is 4.43. The van der Waals surface area contributed by atoms with Gasteiger partial charge in [0.05, 0.1) is 12.4 Å². The third-order valence-corrected chi connectivity index (χ3v) is 6.05. The predicted octanol–water partition coefficient (Wildman–Crippen LogP) is 0.569. The molecular formula is C21H23N5O5. The summed E-state index contributed by atoms with van der Waals surface area (Å²) in [5.74, 6) is 1.32. The number of fused-ring (bicyclic) bond motifs is 2. The van der Waals surface area contributed by atoms with Crippen molar-refractivity contribution in [3.8, 4) is 11.5 Å². The number of hydrogen-bond acceptors (Lipinski definition) is 6. The van der Waals surface area contributed by atoms with Crippen molar-refractivity contribution in [3.63, 3.8) is 0 Å². The highest BCUT2D eigenvalue weighted by atomic mass is 16.6. The lowest BCUT2D eigenvalue weighted by atomic mass is 10.0. The minimum atomic E-state index is -0.465. The molecule has 162 valence electrons. The largest absolute Gasteiger partial charge is 0.486 e. The number of carbonyl (C=O) groups is 1. The minimum Gasteiger partial charge on any atom is -0.486 e. The SMILES string of the molecule is Cn1c(=O)c2c(ncn2CC(=O)N2CCC[C@@H]2c2ccc3c(c2)OCCO3)n(C)c1=O. The van der Waals surface area contributed by atoms with Crippen molar-refractivity contribution in [2.24, 2.45) is 14.1 Å². The lowest BCUT2D eigenvalue weighted by Crippen LogP contribution is -2.38. The van der Waals surface area contributed by atoms with Gasteiger partial charge in [-0.25, -0.2) is 9.78 Å². The van der Waals surface area contributed by atoms with Crippen molar-refractivity contribution in [3.05, 3.63) is 50.9 Å². The van der Waals surface area contributed by atoms with Gasteiger partial charge in [-0.1, -0.05) is 6.07 Å². The molecular weight excluding hydrogens is 402 g/mol. The van der Waals surface area contributed by atoms with Crippen LogP contribution in [-0.2, 0) is 25.4 Å². The van der Waals surface area contributed by atoms with Crippen LogP contribution >= 0.6 is 0 Å². The van der Waals surface area contributed by atoms with Gasteiger partial charge in [-0.15, -0.1) is 0 Å². The topological polar surface area (TPSA) is 101 Å². The van der Waals surface area contributed by atoms with Crippen LogP contribution in [0.2, 0.25) is 0 Å². The zero-order valence-electron chi connectivity index (χ0n) is 17.4. The molecule has 10 heteroatoms. The standard InChI is InChI=1S/C21H23N5O5/c1-23-19-18(20(28)24(2)21(23)29)25(12-22-19)11-17(27)26-7-3-4-14(26)13-5-6-15-16(10-13)31-9-8-30-15/h5-6,10,12,14H,3-4,7-9,11H2,1-2H3/t14-/m1/s1. The van der Waals surface area contributed by atoms with Gasteiger partial charge >= 0.3 is 5.69 Å². The number of rotatable bonds is 3. The average Bonchev–Trinajstić information content (AvgIpc) is 3.43. The van der Waals surface area contributed by atoms with E-state index in [1.54, 1.807) is 7.05 Å². The molecule has 0 bridgehead atoms. The van der Waals surface area contributed by atoms with Crippen molar-refractivity contribution < 1.29 is 14.3 Å². The van der Waals surface area contributed by atoms with Gasteiger partial charge in [0.15, 0.2) is 22.7 Å². The van der Waals surface area contributed by atoms with Gasteiger partial charge in [0.1, 0.15) is 19.8 Å². The fourth-order valence-corrected chi connectivity index (χ4v) is 4.43. The highest BCUT2D eigenvalue weighted by Gasteiger charge is 2.31. The summed E-state index contributed by atoms with van der Waals surface area (Å²) < 4.78 is 15.2. The number of likely N-dealkylation sites (tertiary alicyclic amines) is 1.